The molecule has 0 unspecified atom stereocenters. The molecule has 5 rings (SSSR count). The van der Waals surface area contributed by atoms with Crippen LogP contribution in [0.4, 0.5) is 5.95 Å². The summed E-state index contributed by atoms with van der Waals surface area (Å²) in [7, 11) is 3.52. The van der Waals surface area contributed by atoms with Gasteiger partial charge in [0.05, 0.1) is 19.4 Å². The zero-order valence-corrected chi connectivity index (χ0v) is 15.7. The molecule has 28 heavy (non-hydrogen) atoms. The van der Waals surface area contributed by atoms with Gasteiger partial charge in [-0.3, -0.25) is 4.68 Å². The third-order valence-electron chi connectivity index (χ3n) is 5.27. The molecule has 1 saturated heterocycles. The van der Waals surface area contributed by atoms with Crippen LogP contribution < -0.4 is 10.5 Å². The second-order valence-corrected chi connectivity index (χ2v) is 7.06. The van der Waals surface area contributed by atoms with Crippen LogP contribution in [0.5, 0.6) is 5.75 Å². The second-order valence-electron chi connectivity index (χ2n) is 7.06. The zero-order chi connectivity index (χ0) is 19.3. The summed E-state index contributed by atoms with van der Waals surface area (Å²) in [5.41, 5.74) is 8.63. The summed E-state index contributed by atoms with van der Waals surface area (Å²) in [4.78, 5) is 9.31. The highest BCUT2D eigenvalue weighted by Crippen LogP contribution is 2.37. The van der Waals surface area contributed by atoms with Crippen molar-refractivity contribution in [3.63, 3.8) is 0 Å². The van der Waals surface area contributed by atoms with E-state index in [2.05, 4.69) is 15.2 Å². The molecular weight excluding hydrogens is 358 g/mol. The number of methoxy groups -OCH3 is 1. The van der Waals surface area contributed by atoms with Gasteiger partial charge in [0.25, 0.3) is 0 Å². The lowest BCUT2D eigenvalue weighted by atomic mass is 9.92. The molecule has 1 aromatic carbocycles. The molecule has 3 aromatic heterocycles. The number of nitrogens with zero attached hydrogens (tertiary/aromatic N) is 6. The van der Waals surface area contributed by atoms with Gasteiger partial charge in [0.15, 0.2) is 11.5 Å². The SMILES string of the molecule is COc1cccc2c1nc(N)n1nc([C@@H]3CCO[C@H](c4cnn(C)c4)C3)nc21. The Bertz CT molecular complexity index is 1170. The van der Waals surface area contributed by atoms with Crippen molar-refractivity contribution < 1.29 is 9.47 Å². The average molecular weight is 379 g/mol. The van der Waals surface area contributed by atoms with Gasteiger partial charge < -0.3 is 15.2 Å². The van der Waals surface area contributed by atoms with E-state index < -0.39 is 0 Å². The molecular formula is C19H21N7O2. The summed E-state index contributed by atoms with van der Waals surface area (Å²) < 4.78 is 14.8. The minimum Gasteiger partial charge on any atom is -0.494 e. The van der Waals surface area contributed by atoms with E-state index in [-0.39, 0.29) is 12.0 Å². The van der Waals surface area contributed by atoms with E-state index in [1.807, 2.05) is 37.6 Å². The number of rotatable bonds is 3. The minimum atomic E-state index is -0.00799. The van der Waals surface area contributed by atoms with Crippen molar-refractivity contribution in [3.05, 3.63) is 42.0 Å². The standard InChI is InChI=1S/C19H21N7O2/c1-25-10-12(9-21-25)15-8-11(6-7-28-15)17-23-18-13-4-3-5-14(27-2)16(13)22-19(20)26(18)24-17/h3-5,9-11,15H,6-8H2,1-2H3,(H2,20,22)/t11-,15+/m1/s1. The molecule has 2 atom stereocenters. The van der Waals surface area contributed by atoms with Gasteiger partial charge in [-0.1, -0.05) is 6.07 Å². The van der Waals surface area contributed by atoms with Gasteiger partial charge in [0, 0.05) is 36.7 Å². The molecule has 0 bridgehead atoms. The molecule has 1 fully saturated rings. The maximum absolute atomic E-state index is 6.17. The van der Waals surface area contributed by atoms with Crippen LogP contribution in [0.1, 0.15) is 36.3 Å². The Kier molecular flexibility index (Phi) is 3.90. The van der Waals surface area contributed by atoms with E-state index in [1.165, 1.54) is 0 Å². The summed E-state index contributed by atoms with van der Waals surface area (Å²) in [5, 5.41) is 9.79. The van der Waals surface area contributed by atoms with Crippen molar-refractivity contribution in [1.29, 1.82) is 0 Å². The number of ether oxygens (including phenoxy) is 2. The van der Waals surface area contributed by atoms with Crippen molar-refractivity contribution >= 4 is 22.5 Å². The molecule has 1 aliphatic rings. The van der Waals surface area contributed by atoms with E-state index in [0.29, 0.717) is 29.5 Å². The quantitative estimate of drug-likeness (QED) is 0.582. The monoisotopic (exact) mass is 379 g/mol. The van der Waals surface area contributed by atoms with Crippen molar-refractivity contribution in [1.82, 2.24) is 29.4 Å². The molecule has 0 saturated carbocycles. The molecule has 0 radical (unpaired) electrons. The van der Waals surface area contributed by atoms with Crippen LogP contribution in [-0.2, 0) is 11.8 Å². The van der Waals surface area contributed by atoms with Crippen LogP contribution in [0.3, 0.4) is 0 Å². The fourth-order valence-corrected chi connectivity index (χ4v) is 3.85. The Labute approximate surface area is 161 Å². The first kappa shape index (κ1) is 16.9. The topological polar surface area (TPSA) is 105 Å². The zero-order valence-electron chi connectivity index (χ0n) is 15.7. The first-order chi connectivity index (χ1) is 13.6. The van der Waals surface area contributed by atoms with Crippen LogP contribution >= 0.6 is 0 Å². The molecule has 9 nitrogen and oxygen atoms in total. The average Bonchev–Trinajstić information content (AvgIpc) is 3.35. The molecule has 9 heteroatoms. The Balaban J connectivity index is 1.56. The first-order valence-corrected chi connectivity index (χ1v) is 9.23. The minimum absolute atomic E-state index is 0.00799. The summed E-state index contributed by atoms with van der Waals surface area (Å²) >= 11 is 0. The van der Waals surface area contributed by atoms with E-state index in [1.54, 1.807) is 16.3 Å². The number of nitrogens with two attached hydrogens (primary N) is 1. The van der Waals surface area contributed by atoms with E-state index in [0.717, 1.165) is 29.6 Å². The summed E-state index contributed by atoms with van der Waals surface area (Å²) in [6, 6.07) is 5.74. The Hall–Kier alpha value is -3.20. The smallest absolute Gasteiger partial charge is 0.223 e. The lowest BCUT2D eigenvalue weighted by molar-refractivity contribution is 0.00396. The summed E-state index contributed by atoms with van der Waals surface area (Å²) in [6.45, 7) is 0.655. The molecule has 4 aromatic rings. The van der Waals surface area contributed by atoms with Crippen LogP contribution in [-0.4, -0.2) is 43.1 Å². The number of nitrogen functional groups attached to an aromatic ring is 1. The van der Waals surface area contributed by atoms with E-state index in [4.69, 9.17) is 20.2 Å². The number of aryl methyl sites for hydroxylation is 1. The predicted molar refractivity (Wildman–Crippen MR) is 103 cm³/mol. The highest BCUT2D eigenvalue weighted by atomic mass is 16.5. The van der Waals surface area contributed by atoms with Gasteiger partial charge in [0.1, 0.15) is 11.3 Å². The van der Waals surface area contributed by atoms with Crippen molar-refractivity contribution in [2.75, 3.05) is 19.5 Å². The fraction of sp³-hybridized carbons (Fsp3) is 0.368. The van der Waals surface area contributed by atoms with E-state index in [9.17, 15) is 0 Å². The maximum Gasteiger partial charge on any atom is 0.223 e. The van der Waals surface area contributed by atoms with Crippen LogP contribution in [0.2, 0.25) is 0 Å². The molecule has 1 aliphatic heterocycles. The largest absolute Gasteiger partial charge is 0.494 e. The summed E-state index contributed by atoms with van der Waals surface area (Å²) in [5.74, 6) is 1.90. The van der Waals surface area contributed by atoms with Gasteiger partial charge in [-0.05, 0) is 25.0 Å². The van der Waals surface area contributed by atoms with Gasteiger partial charge in [0.2, 0.25) is 5.95 Å². The highest BCUT2D eigenvalue weighted by molar-refractivity contribution is 5.95. The Morgan fingerprint density at radius 2 is 2.18 bits per heavy atom. The molecule has 0 spiro atoms. The normalized spacial score (nSPS) is 20.1. The van der Waals surface area contributed by atoms with Crippen LogP contribution in [0.25, 0.3) is 16.6 Å². The number of para-hydroxylation sites is 1. The lowest BCUT2D eigenvalue weighted by Crippen LogP contribution is -2.19. The molecule has 0 aliphatic carbocycles. The maximum atomic E-state index is 6.17. The van der Waals surface area contributed by atoms with Gasteiger partial charge >= 0.3 is 0 Å². The molecule has 0 amide bonds. The lowest BCUT2D eigenvalue weighted by Gasteiger charge is -2.27. The summed E-state index contributed by atoms with van der Waals surface area (Å²) in [6.07, 6.45) is 5.50. The number of aromatic nitrogens is 6. The number of benzene rings is 1. The van der Waals surface area contributed by atoms with Crippen molar-refractivity contribution in [2.24, 2.45) is 7.05 Å². The van der Waals surface area contributed by atoms with Gasteiger partial charge in [-0.15, -0.1) is 5.10 Å². The molecule has 4 heterocycles. The van der Waals surface area contributed by atoms with Gasteiger partial charge in [-0.2, -0.15) is 9.61 Å². The predicted octanol–water partition coefficient (Wildman–Crippen LogP) is 2.24. The second kappa shape index (κ2) is 6.45. The molecule has 2 N–H and O–H groups in total. The molecule has 144 valence electrons. The Morgan fingerprint density at radius 3 is 2.96 bits per heavy atom. The van der Waals surface area contributed by atoms with Crippen molar-refractivity contribution in [2.45, 2.75) is 24.9 Å². The first-order valence-electron chi connectivity index (χ1n) is 9.23. The van der Waals surface area contributed by atoms with Crippen LogP contribution in [0.15, 0.2) is 30.6 Å². The van der Waals surface area contributed by atoms with Crippen LogP contribution in [0, 0.1) is 0 Å². The third kappa shape index (κ3) is 2.66. The number of fused-ring (bicyclic) bond motifs is 3. The number of anilines is 1. The Morgan fingerprint density at radius 1 is 1.29 bits per heavy atom. The van der Waals surface area contributed by atoms with Crippen molar-refractivity contribution in [3.8, 4) is 5.75 Å². The van der Waals surface area contributed by atoms with E-state index >= 15 is 0 Å². The number of hydrogen-bond donors (Lipinski definition) is 1. The number of hydrogen-bond acceptors (Lipinski definition) is 7. The van der Waals surface area contributed by atoms with Gasteiger partial charge in [-0.25, -0.2) is 9.97 Å². The third-order valence-corrected chi connectivity index (χ3v) is 5.27. The fourth-order valence-electron chi connectivity index (χ4n) is 3.85. The highest BCUT2D eigenvalue weighted by Gasteiger charge is 2.29.